The van der Waals surface area contributed by atoms with Gasteiger partial charge in [0, 0.05) is 23.0 Å². The van der Waals surface area contributed by atoms with Gasteiger partial charge in [0.25, 0.3) is 0 Å². The quantitative estimate of drug-likeness (QED) is 0.621. The molecule has 0 aliphatic heterocycles. The van der Waals surface area contributed by atoms with Crippen molar-refractivity contribution in [2.24, 2.45) is 0 Å². The Morgan fingerprint density at radius 1 is 1.62 bits per heavy atom. The zero-order valence-electron chi connectivity index (χ0n) is 6.85. The fourth-order valence-corrected chi connectivity index (χ4v) is 1.18. The molecule has 0 unspecified atom stereocenters. The van der Waals surface area contributed by atoms with E-state index in [0.717, 1.165) is 10.0 Å². The molecule has 68 valence electrons. The van der Waals surface area contributed by atoms with Gasteiger partial charge in [-0.3, -0.25) is 0 Å². The van der Waals surface area contributed by atoms with Crippen LogP contribution < -0.4 is 5.73 Å². The molecule has 0 spiro atoms. The minimum Gasteiger partial charge on any atom is -0.383 e. The molecule has 0 aliphatic rings. The molecule has 1 aromatic rings. The maximum atomic E-state index is 5.60. The number of halogens is 2. The first kappa shape index (κ1) is 10.4. The number of aromatic nitrogens is 1. The van der Waals surface area contributed by atoms with Gasteiger partial charge >= 0.3 is 0 Å². The Labute approximate surface area is 90.6 Å². The molecule has 0 aliphatic carbocycles. The monoisotopic (exact) mass is 258 g/mol. The van der Waals surface area contributed by atoms with Crippen LogP contribution in [-0.2, 0) is 0 Å². The molecule has 0 atom stereocenters. The number of hydrogen-bond donors (Lipinski definition) is 1. The fraction of sp³-hybridized carbons (Fsp3) is 0.222. The van der Waals surface area contributed by atoms with Crippen LogP contribution in [0.1, 0.15) is 12.0 Å². The highest BCUT2D eigenvalue weighted by Crippen LogP contribution is 2.14. The largest absolute Gasteiger partial charge is 0.383 e. The Morgan fingerprint density at radius 3 is 3.08 bits per heavy atom. The first-order valence-electron chi connectivity index (χ1n) is 3.70. The molecule has 0 saturated carbocycles. The first-order valence-corrected chi connectivity index (χ1v) is 5.02. The van der Waals surface area contributed by atoms with E-state index in [0.29, 0.717) is 18.1 Å². The molecule has 0 radical (unpaired) electrons. The highest BCUT2D eigenvalue weighted by molar-refractivity contribution is 9.10. The number of anilines is 1. The summed E-state index contributed by atoms with van der Waals surface area (Å²) in [5.41, 5.74) is 6.34. The second kappa shape index (κ2) is 5.11. The molecule has 2 N–H and O–H groups in total. The number of nitrogen functional groups attached to an aromatic ring is 1. The van der Waals surface area contributed by atoms with Crippen LogP contribution in [0.4, 0.5) is 5.82 Å². The Hall–Kier alpha value is -0.720. The average Bonchev–Trinajstić information content (AvgIpc) is 2.11. The van der Waals surface area contributed by atoms with Gasteiger partial charge in [0.1, 0.15) is 5.82 Å². The maximum Gasteiger partial charge on any atom is 0.139 e. The SMILES string of the molecule is Nc1ncc(Br)cc1C#CCCCl. The summed E-state index contributed by atoms with van der Waals surface area (Å²) in [6.07, 6.45) is 2.30. The smallest absolute Gasteiger partial charge is 0.139 e. The third-order valence-corrected chi connectivity index (χ3v) is 1.95. The van der Waals surface area contributed by atoms with Crippen LogP contribution in [0.2, 0.25) is 0 Å². The summed E-state index contributed by atoms with van der Waals surface area (Å²) in [6.45, 7) is 0. The van der Waals surface area contributed by atoms with Crippen molar-refractivity contribution in [1.29, 1.82) is 0 Å². The van der Waals surface area contributed by atoms with Gasteiger partial charge in [0.2, 0.25) is 0 Å². The van der Waals surface area contributed by atoms with Crippen molar-refractivity contribution < 1.29 is 0 Å². The second-order valence-electron chi connectivity index (χ2n) is 2.33. The van der Waals surface area contributed by atoms with Gasteiger partial charge in [-0.1, -0.05) is 11.8 Å². The lowest BCUT2D eigenvalue weighted by Gasteiger charge is -1.96. The lowest BCUT2D eigenvalue weighted by molar-refractivity contribution is 1.28. The van der Waals surface area contributed by atoms with Gasteiger partial charge in [-0.2, -0.15) is 0 Å². The molecular weight excluding hydrogens is 251 g/mol. The number of pyridine rings is 1. The number of hydrogen-bond acceptors (Lipinski definition) is 2. The van der Waals surface area contributed by atoms with E-state index >= 15 is 0 Å². The zero-order valence-corrected chi connectivity index (χ0v) is 9.19. The molecular formula is C9H8BrClN2. The van der Waals surface area contributed by atoms with Crippen molar-refractivity contribution >= 4 is 33.3 Å². The molecule has 0 bridgehead atoms. The van der Waals surface area contributed by atoms with E-state index in [1.165, 1.54) is 0 Å². The summed E-state index contributed by atoms with van der Waals surface area (Å²) in [6, 6.07) is 1.84. The molecule has 2 nitrogen and oxygen atoms in total. The van der Waals surface area contributed by atoms with Crippen LogP contribution in [0.3, 0.4) is 0 Å². The van der Waals surface area contributed by atoms with Gasteiger partial charge in [-0.15, -0.1) is 11.6 Å². The normalized spacial score (nSPS) is 9.08. The summed E-state index contributed by atoms with van der Waals surface area (Å²) in [5.74, 6) is 6.78. The fourth-order valence-electron chi connectivity index (χ4n) is 0.755. The van der Waals surface area contributed by atoms with Gasteiger partial charge in [-0.25, -0.2) is 4.98 Å². The summed E-state index contributed by atoms with van der Waals surface area (Å²) in [5, 5.41) is 0. The predicted molar refractivity (Wildman–Crippen MR) is 58.6 cm³/mol. The van der Waals surface area contributed by atoms with E-state index in [1.807, 2.05) is 6.07 Å². The van der Waals surface area contributed by atoms with Gasteiger partial charge in [-0.05, 0) is 22.0 Å². The van der Waals surface area contributed by atoms with Crippen molar-refractivity contribution in [1.82, 2.24) is 4.98 Å². The van der Waals surface area contributed by atoms with Crippen molar-refractivity contribution in [3.05, 3.63) is 22.3 Å². The lowest BCUT2D eigenvalue weighted by Crippen LogP contribution is -1.93. The first-order chi connectivity index (χ1) is 6.24. The van der Waals surface area contributed by atoms with Crippen LogP contribution >= 0.6 is 27.5 Å². The molecule has 1 heterocycles. The van der Waals surface area contributed by atoms with Gasteiger partial charge in [0.15, 0.2) is 0 Å². The van der Waals surface area contributed by atoms with Crippen LogP contribution in [0.15, 0.2) is 16.7 Å². The predicted octanol–water partition coefficient (Wildman–Crippen LogP) is 2.41. The Kier molecular flexibility index (Phi) is 4.07. The average molecular weight is 260 g/mol. The Bertz CT molecular complexity index is 354. The zero-order chi connectivity index (χ0) is 9.68. The van der Waals surface area contributed by atoms with Gasteiger partial charge in [0.05, 0.1) is 5.56 Å². The summed E-state index contributed by atoms with van der Waals surface area (Å²) in [7, 11) is 0. The minimum atomic E-state index is 0.449. The molecule has 4 heteroatoms. The van der Waals surface area contributed by atoms with Crippen molar-refractivity contribution in [3.8, 4) is 11.8 Å². The standard InChI is InChI=1S/C9H8BrClN2/c10-8-5-7(3-1-2-4-11)9(12)13-6-8/h5-6H,2,4H2,(H2,12,13). The van der Waals surface area contributed by atoms with E-state index in [2.05, 4.69) is 32.8 Å². The van der Waals surface area contributed by atoms with E-state index in [1.54, 1.807) is 6.20 Å². The highest BCUT2D eigenvalue weighted by atomic mass is 79.9. The molecule has 1 aromatic heterocycles. The summed E-state index contributed by atoms with van der Waals surface area (Å²) >= 11 is 8.77. The molecule has 0 fully saturated rings. The van der Waals surface area contributed by atoms with Crippen LogP contribution in [0.25, 0.3) is 0 Å². The third kappa shape index (κ3) is 3.25. The highest BCUT2D eigenvalue weighted by Gasteiger charge is 1.96. The molecule has 0 amide bonds. The maximum absolute atomic E-state index is 5.60. The Morgan fingerprint density at radius 2 is 2.38 bits per heavy atom. The van der Waals surface area contributed by atoms with E-state index < -0.39 is 0 Å². The number of alkyl halides is 1. The summed E-state index contributed by atoms with van der Waals surface area (Å²) < 4.78 is 0.872. The van der Waals surface area contributed by atoms with E-state index in [-0.39, 0.29) is 0 Å². The van der Waals surface area contributed by atoms with Crippen molar-refractivity contribution in [2.75, 3.05) is 11.6 Å². The lowest BCUT2D eigenvalue weighted by atomic mass is 10.2. The number of rotatable bonds is 1. The van der Waals surface area contributed by atoms with E-state index in [9.17, 15) is 0 Å². The van der Waals surface area contributed by atoms with Crippen molar-refractivity contribution in [2.45, 2.75) is 6.42 Å². The minimum absolute atomic E-state index is 0.449. The number of nitrogens with two attached hydrogens (primary N) is 1. The summed E-state index contributed by atoms with van der Waals surface area (Å²) in [4.78, 5) is 3.95. The van der Waals surface area contributed by atoms with Crippen LogP contribution in [0, 0.1) is 11.8 Å². The van der Waals surface area contributed by atoms with E-state index in [4.69, 9.17) is 17.3 Å². The Balaban J connectivity index is 2.89. The van der Waals surface area contributed by atoms with Crippen LogP contribution in [0.5, 0.6) is 0 Å². The van der Waals surface area contributed by atoms with Crippen molar-refractivity contribution in [3.63, 3.8) is 0 Å². The van der Waals surface area contributed by atoms with Crippen LogP contribution in [-0.4, -0.2) is 10.9 Å². The molecule has 13 heavy (non-hydrogen) atoms. The number of nitrogens with zero attached hydrogens (tertiary/aromatic N) is 1. The van der Waals surface area contributed by atoms with Gasteiger partial charge < -0.3 is 5.73 Å². The third-order valence-electron chi connectivity index (χ3n) is 1.33. The second-order valence-corrected chi connectivity index (χ2v) is 3.62. The molecule has 0 aromatic carbocycles. The molecule has 0 saturated heterocycles. The topological polar surface area (TPSA) is 38.9 Å². The molecule has 1 rings (SSSR count).